The lowest BCUT2D eigenvalue weighted by atomic mass is 10.1. The number of nitro groups is 1. The maximum atomic E-state index is 11.0. The molecule has 0 amide bonds. The number of hydrogen-bond acceptors (Lipinski definition) is 5. The predicted molar refractivity (Wildman–Crippen MR) is 78.9 cm³/mol. The minimum Gasteiger partial charge on any atom is -0.313 e. The molecule has 0 saturated carbocycles. The van der Waals surface area contributed by atoms with Gasteiger partial charge in [-0.3, -0.25) is 10.1 Å². The standard InChI is InChI=1S/C14H15N3O2S/c1-10(15-2)11-7-8-14(16-9-11)20-13-6-4-3-5-12(13)17(18)19/h3-10,15H,1-2H3. The largest absolute Gasteiger partial charge is 0.313 e. The Bertz CT molecular complexity index is 602. The van der Waals surface area contributed by atoms with Gasteiger partial charge in [-0.1, -0.05) is 30.0 Å². The molecular formula is C14H15N3O2S. The minimum atomic E-state index is -0.375. The number of pyridine rings is 1. The number of nitro benzene ring substituents is 1. The zero-order chi connectivity index (χ0) is 14.5. The Hall–Kier alpha value is -1.92. The van der Waals surface area contributed by atoms with Crippen molar-refractivity contribution in [2.45, 2.75) is 22.9 Å². The summed E-state index contributed by atoms with van der Waals surface area (Å²) in [5, 5.41) is 14.8. The van der Waals surface area contributed by atoms with Crippen LogP contribution in [-0.4, -0.2) is 17.0 Å². The zero-order valence-electron chi connectivity index (χ0n) is 11.2. The van der Waals surface area contributed by atoms with E-state index in [0.717, 1.165) is 10.6 Å². The molecule has 104 valence electrons. The van der Waals surface area contributed by atoms with Crippen molar-refractivity contribution in [1.82, 2.24) is 10.3 Å². The first-order valence-corrected chi connectivity index (χ1v) is 6.98. The molecule has 5 nitrogen and oxygen atoms in total. The first-order valence-electron chi connectivity index (χ1n) is 6.16. The summed E-state index contributed by atoms with van der Waals surface area (Å²) in [5.41, 5.74) is 1.19. The van der Waals surface area contributed by atoms with E-state index in [-0.39, 0.29) is 16.7 Å². The Kier molecular flexibility index (Phi) is 4.70. The van der Waals surface area contributed by atoms with Crippen LogP contribution >= 0.6 is 11.8 Å². The molecule has 1 heterocycles. The van der Waals surface area contributed by atoms with Crippen molar-refractivity contribution in [2.75, 3.05) is 7.05 Å². The van der Waals surface area contributed by atoms with Crippen LogP contribution in [-0.2, 0) is 0 Å². The Labute approximate surface area is 121 Å². The van der Waals surface area contributed by atoms with E-state index in [1.54, 1.807) is 24.4 Å². The third-order valence-corrected chi connectivity index (χ3v) is 3.98. The highest BCUT2D eigenvalue weighted by Gasteiger charge is 2.14. The van der Waals surface area contributed by atoms with Gasteiger partial charge in [0.15, 0.2) is 0 Å². The van der Waals surface area contributed by atoms with E-state index >= 15 is 0 Å². The third-order valence-electron chi connectivity index (χ3n) is 2.97. The minimum absolute atomic E-state index is 0.104. The lowest BCUT2D eigenvalue weighted by Crippen LogP contribution is -2.12. The van der Waals surface area contributed by atoms with E-state index in [4.69, 9.17) is 0 Å². The first-order chi connectivity index (χ1) is 9.61. The molecule has 0 aliphatic rings. The van der Waals surface area contributed by atoms with Crippen molar-refractivity contribution in [1.29, 1.82) is 0 Å². The van der Waals surface area contributed by atoms with Crippen molar-refractivity contribution in [3.8, 4) is 0 Å². The van der Waals surface area contributed by atoms with E-state index in [1.165, 1.54) is 17.8 Å². The van der Waals surface area contributed by atoms with Gasteiger partial charge in [0, 0.05) is 18.3 Å². The monoisotopic (exact) mass is 289 g/mol. The SMILES string of the molecule is CNC(C)c1ccc(Sc2ccccc2[N+](=O)[O-])nc1. The lowest BCUT2D eigenvalue weighted by Gasteiger charge is -2.10. The summed E-state index contributed by atoms with van der Waals surface area (Å²) < 4.78 is 0. The maximum absolute atomic E-state index is 11.0. The molecule has 0 saturated heterocycles. The van der Waals surface area contributed by atoms with Gasteiger partial charge in [0.2, 0.25) is 0 Å². The van der Waals surface area contributed by atoms with Crippen LogP contribution in [0.25, 0.3) is 0 Å². The number of para-hydroxylation sites is 1. The second kappa shape index (κ2) is 6.49. The van der Waals surface area contributed by atoms with Crippen LogP contribution in [0.3, 0.4) is 0 Å². The molecule has 20 heavy (non-hydrogen) atoms. The normalized spacial score (nSPS) is 12.1. The average Bonchev–Trinajstić information content (AvgIpc) is 2.47. The van der Waals surface area contributed by atoms with Crippen LogP contribution in [0.15, 0.2) is 52.5 Å². The highest BCUT2D eigenvalue weighted by molar-refractivity contribution is 7.99. The van der Waals surface area contributed by atoms with Gasteiger partial charge in [-0.15, -0.1) is 0 Å². The summed E-state index contributed by atoms with van der Waals surface area (Å²) in [6, 6.07) is 10.8. The topological polar surface area (TPSA) is 68.1 Å². The van der Waals surface area contributed by atoms with Crippen molar-refractivity contribution < 1.29 is 4.92 Å². The van der Waals surface area contributed by atoms with Gasteiger partial charge in [0.1, 0.15) is 5.03 Å². The number of nitrogens with zero attached hydrogens (tertiary/aromatic N) is 2. The molecule has 0 aliphatic heterocycles. The van der Waals surface area contributed by atoms with Crippen LogP contribution in [0.5, 0.6) is 0 Å². The van der Waals surface area contributed by atoms with E-state index in [1.807, 2.05) is 26.1 Å². The Morgan fingerprint density at radius 2 is 2.05 bits per heavy atom. The average molecular weight is 289 g/mol. The van der Waals surface area contributed by atoms with Gasteiger partial charge in [0.05, 0.1) is 9.82 Å². The molecule has 0 aliphatic carbocycles. The smallest absolute Gasteiger partial charge is 0.283 e. The fourth-order valence-electron chi connectivity index (χ4n) is 1.68. The summed E-state index contributed by atoms with van der Waals surface area (Å²) in [4.78, 5) is 15.5. The highest BCUT2D eigenvalue weighted by Crippen LogP contribution is 2.33. The molecule has 2 rings (SSSR count). The molecule has 2 aromatic rings. The number of hydrogen-bond donors (Lipinski definition) is 1. The van der Waals surface area contributed by atoms with Crippen molar-refractivity contribution >= 4 is 17.4 Å². The van der Waals surface area contributed by atoms with Gasteiger partial charge < -0.3 is 5.32 Å². The van der Waals surface area contributed by atoms with Gasteiger partial charge >= 0.3 is 0 Å². The molecule has 6 heteroatoms. The molecule has 0 bridgehead atoms. The van der Waals surface area contributed by atoms with Crippen molar-refractivity contribution in [2.24, 2.45) is 0 Å². The van der Waals surface area contributed by atoms with Crippen LogP contribution in [0.4, 0.5) is 5.69 Å². The van der Waals surface area contributed by atoms with E-state index in [0.29, 0.717) is 4.90 Å². The number of rotatable bonds is 5. The van der Waals surface area contributed by atoms with Crippen LogP contribution in [0.2, 0.25) is 0 Å². The number of benzene rings is 1. The van der Waals surface area contributed by atoms with Gasteiger partial charge in [-0.05, 0) is 31.7 Å². The van der Waals surface area contributed by atoms with Crippen molar-refractivity contribution in [3.63, 3.8) is 0 Å². The third kappa shape index (κ3) is 3.34. The molecular weight excluding hydrogens is 274 g/mol. The molecule has 1 atom stereocenters. The number of aromatic nitrogens is 1. The molecule has 0 fully saturated rings. The fraction of sp³-hybridized carbons (Fsp3) is 0.214. The van der Waals surface area contributed by atoms with Crippen LogP contribution in [0.1, 0.15) is 18.5 Å². The summed E-state index contributed by atoms with van der Waals surface area (Å²) >= 11 is 1.30. The zero-order valence-corrected chi connectivity index (χ0v) is 12.1. The summed E-state index contributed by atoms with van der Waals surface area (Å²) in [6.45, 7) is 2.05. The molecule has 1 aromatic carbocycles. The van der Waals surface area contributed by atoms with Crippen molar-refractivity contribution in [3.05, 3.63) is 58.3 Å². The van der Waals surface area contributed by atoms with Crippen LogP contribution in [0, 0.1) is 10.1 Å². The Morgan fingerprint density at radius 3 is 2.65 bits per heavy atom. The summed E-state index contributed by atoms with van der Waals surface area (Å²) in [6.07, 6.45) is 1.79. The lowest BCUT2D eigenvalue weighted by molar-refractivity contribution is -0.387. The number of nitrogens with one attached hydrogen (secondary N) is 1. The molecule has 1 aromatic heterocycles. The van der Waals surface area contributed by atoms with Gasteiger partial charge in [-0.25, -0.2) is 4.98 Å². The first kappa shape index (κ1) is 14.5. The second-order valence-electron chi connectivity index (χ2n) is 4.27. The summed E-state index contributed by atoms with van der Waals surface area (Å²) in [7, 11) is 1.89. The molecule has 1 unspecified atom stereocenters. The van der Waals surface area contributed by atoms with Crippen LogP contribution < -0.4 is 5.32 Å². The van der Waals surface area contributed by atoms with Gasteiger partial charge in [0.25, 0.3) is 5.69 Å². The Morgan fingerprint density at radius 1 is 1.30 bits per heavy atom. The molecule has 0 radical (unpaired) electrons. The quantitative estimate of drug-likeness (QED) is 0.674. The van der Waals surface area contributed by atoms with E-state index < -0.39 is 0 Å². The summed E-state index contributed by atoms with van der Waals surface area (Å²) in [5.74, 6) is 0. The van der Waals surface area contributed by atoms with Gasteiger partial charge in [-0.2, -0.15) is 0 Å². The molecule has 0 spiro atoms. The predicted octanol–water partition coefficient (Wildman–Crippen LogP) is 3.42. The maximum Gasteiger partial charge on any atom is 0.283 e. The fourth-order valence-corrected chi connectivity index (χ4v) is 2.54. The second-order valence-corrected chi connectivity index (χ2v) is 5.33. The molecule has 1 N–H and O–H groups in total. The Balaban J connectivity index is 2.20. The van der Waals surface area contributed by atoms with E-state index in [9.17, 15) is 10.1 Å². The highest BCUT2D eigenvalue weighted by atomic mass is 32.2. The van der Waals surface area contributed by atoms with E-state index in [2.05, 4.69) is 10.3 Å².